The van der Waals surface area contributed by atoms with Crippen molar-refractivity contribution in [1.29, 1.82) is 0 Å². The number of fused-ring (bicyclic) bond motifs is 2. The molecule has 2 unspecified atom stereocenters. The molecular weight excluding hydrogens is 363 g/mol. The van der Waals surface area contributed by atoms with Crippen LogP contribution in [0.5, 0.6) is 0 Å². The number of morpholine rings is 1. The van der Waals surface area contributed by atoms with E-state index in [0.717, 1.165) is 11.8 Å². The summed E-state index contributed by atoms with van der Waals surface area (Å²) in [5, 5.41) is 0. The molecule has 1 aromatic carbocycles. The van der Waals surface area contributed by atoms with Gasteiger partial charge in [-0.3, -0.25) is 14.7 Å². The predicted molar refractivity (Wildman–Crippen MR) is 98.1 cm³/mol. The lowest BCUT2D eigenvalue weighted by Crippen LogP contribution is -2.60. The van der Waals surface area contributed by atoms with Crippen LogP contribution >= 0.6 is 0 Å². The first-order valence-electron chi connectivity index (χ1n) is 9.34. The van der Waals surface area contributed by atoms with Crippen LogP contribution in [0.3, 0.4) is 0 Å². The van der Waals surface area contributed by atoms with Crippen LogP contribution in [0.25, 0.3) is 0 Å². The minimum Gasteiger partial charge on any atom is -0.445 e. The lowest BCUT2D eigenvalue weighted by atomic mass is 9.81. The van der Waals surface area contributed by atoms with Gasteiger partial charge in [0.05, 0.1) is 37.1 Å². The van der Waals surface area contributed by atoms with E-state index < -0.39 is 11.9 Å². The van der Waals surface area contributed by atoms with E-state index in [0.29, 0.717) is 26.1 Å². The fourth-order valence-corrected chi connectivity index (χ4v) is 4.02. The van der Waals surface area contributed by atoms with Gasteiger partial charge in [0, 0.05) is 12.1 Å². The summed E-state index contributed by atoms with van der Waals surface area (Å²) in [6, 6.07) is 10.4. The molecule has 2 aliphatic heterocycles. The van der Waals surface area contributed by atoms with Crippen LogP contribution in [0.4, 0.5) is 9.18 Å². The highest BCUT2D eigenvalue weighted by atomic mass is 19.1. The molecule has 0 spiro atoms. The maximum atomic E-state index is 14.0. The Labute approximate surface area is 162 Å². The summed E-state index contributed by atoms with van der Waals surface area (Å²) >= 11 is 0. The Bertz CT molecular complexity index is 846. The monoisotopic (exact) mass is 384 g/mol. The van der Waals surface area contributed by atoms with Gasteiger partial charge in [-0.15, -0.1) is 0 Å². The van der Waals surface area contributed by atoms with Gasteiger partial charge in [0.15, 0.2) is 11.6 Å². The molecule has 1 amide bonds. The number of hydrogen-bond donors (Lipinski definition) is 0. The fourth-order valence-electron chi connectivity index (χ4n) is 4.02. The van der Waals surface area contributed by atoms with E-state index in [9.17, 15) is 14.0 Å². The second-order valence-corrected chi connectivity index (χ2v) is 7.18. The van der Waals surface area contributed by atoms with Crippen molar-refractivity contribution in [3.8, 4) is 0 Å². The highest BCUT2D eigenvalue weighted by Crippen LogP contribution is 2.34. The van der Waals surface area contributed by atoms with Gasteiger partial charge in [-0.05, 0) is 24.5 Å². The third kappa shape index (κ3) is 3.75. The molecular formula is C21H21FN2O4. The molecule has 2 fully saturated rings. The van der Waals surface area contributed by atoms with Gasteiger partial charge >= 0.3 is 6.09 Å². The molecule has 0 saturated carbocycles. The molecule has 1 aromatic heterocycles. The molecule has 2 aromatic rings. The predicted octanol–water partition coefficient (Wildman–Crippen LogP) is 3.22. The van der Waals surface area contributed by atoms with Crippen molar-refractivity contribution in [3.63, 3.8) is 0 Å². The molecule has 4 rings (SSSR count). The smallest absolute Gasteiger partial charge is 0.410 e. The van der Waals surface area contributed by atoms with E-state index in [1.165, 1.54) is 12.3 Å². The number of benzene rings is 1. The van der Waals surface area contributed by atoms with Gasteiger partial charge in [-0.25, -0.2) is 9.18 Å². The molecule has 7 heteroatoms. The largest absolute Gasteiger partial charge is 0.445 e. The molecule has 6 nitrogen and oxygen atoms in total. The second kappa shape index (κ2) is 8.06. The molecule has 146 valence electrons. The molecule has 3 heterocycles. The first kappa shape index (κ1) is 18.6. The zero-order chi connectivity index (χ0) is 19.5. The Morgan fingerprint density at radius 1 is 1.14 bits per heavy atom. The zero-order valence-electron chi connectivity index (χ0n) is 15.3. The number of Topliss-reactive ketones (excluding diaryl/α,β-unsaturated/α-hetero) is 1. The SMILES string of the molecule is O=C(c1ccncc1F)C1CC2COCC(C1)N2C(=O)OCc1ccccc1. The Hall–Kier alpha value is -2.80. The lowest BCUT2D eigenvalue weighted by molar-refractivity contribution is -0.0755. The van der Waals surface area contributed by atoms with E-state index in [1.54, 1.807) is 4.90 Å². The highest BCUT2D eigenvalue weighted by Gasteiger charge is 2.44. The first-order valence-corrected chi connectivity index (χ1v) is 9.34. The first-order chi connectivity index (χ1) is 13.6. The summed E-state index contributed by atoms with van der Waals surface area (Å²) in [6.45, 7) is 0.889. The normalized spacial score (nSPS) is 23.9. The Kier molecular flexibility index (Phi) is 5.34. The minimum atomic E-state index is -0.612. The lowest BCUT2D eigenvalue weighted by Gasteiger charge is -2.47. The number of hydrogen-bond acceptors (Lipinski definition) is 5. The van der Waals surface area contributed by atoms with Gasteiger partial charge in [-0.2, -0.15) is 0 Å². The van der Waals surface area contributed by atoms with Crippen molar-refractivity contribution >= 4 is 11.9 Å². The summed E-state index contributed by atoms with van der Waals surface area (Å²) in [5.74, 6) is -1.21. The van der Waals surface area contributed by atoms with E-state index in [2.05, 4.69) is 4.98 Å². The number of amides is 1. The average molecular weight is 384 g/mol. The number of piperidine rings is 1. The summed E-state index contributed by atoms with van der Waals surface area (Å²) in [4.78, 5) is 30.9. The number of carbonyl (C=O) groups excluding carboxylic acids is 2. The van der Waals surface area contributed by atoms with E-state index in [-0.39, 0.29) is 36.0 Å². The third-order valence-electron chi connectivity index (χ3n) is 5.35. The van der Waals surface area contributed by atoms with Crippen molar-refractivity contribution in [3.05, 3.63) is 65.7 Å². The van der Waals surface area contributed by atoms with E-state index in [1.807, 2.05) is 30.3 Å². The quantitative estimate of drug-likeness (QED) is 0.757. The van der Waals surface area contributed by atoms with Gasteiger partial charge in [-0.1, -0.05) is 30.3 Å². The number of carbonyl (C=O) groups is 2. The Morgan fingerprint density at radius 3 is 2.54 bits per heavy atom. The van der Waals surface area contributed by atoms with Crippen molar-refractivity contribution in [2.24, 2.45) is 5.92 Å². The molecule has 0 aliphatic carbocycles. The number of ether oxygens (including phenoxy) is 2. The van der Waals surface area contributed by atoms with Gasteiger partial charge < -0.3 is 9.47 Å². The third-order valence-corrected chi connectivity index (χ3v) is 5.35. The zero-order valence-corrected chi connectivity index (χ0v) is 15.3. The van der Waals surface area contributed by atoms with Crippen LogP contribution in [-0.4, -0.2) is 47.1 Å². The van der Waals surface area contributed by atoms with Crippen molar-refractivity contribution in [2.45, 2.75) is 31.5 Å². The van der Waals surface area contributed by atoms with Crippen molar-refractivity contribution in [2.75, 3.05) is 13.2 Å². The number of nitrogens with zero attached hydrogens (tertiary/aromatic N) is 2. The Balaban J connectivity index is 1.44. The number of pyridine rings is 1. The summed E-state index contributed by atoms with van der Waals surface area (Å²) in [7, 11) is 0. The summed E-state index contributed by atoms with van der Waals surface area (Å²) in [6.07, 6.45) is 2.92. The van der Waals surface area contributed by atoms with Crippen LogP contribution in [-0.2, 0) is 16.1 Å². The maximum Gasteiger partial charge on any atom is 0.410 e. The topological polar surface area (TPSA) is 68.7 Å². The standard InChI is InChI=1S/C21H21FN2O4/c22-19-10-23-7-6-18(19)20(25)15-8-16-12-27-13-17(9-15)24(16)21(26)28-11-14-4-2-1-3-5-14/h1-7,10,15-17H,8-9,11-13H2. The van der Waals surface area contributed by atoms with Crippen LogP contribution < -0.4 is 0 Å². The molecule has 2 aliphatic rings. The molecule has 0 N–H and O–H groups in total. The average Bonchev–Trinajstić information content (AvgIpc) is 2.71. The van der Waals surface area contributed by atoms with Crippen molar-refractivity contribution in [1.82, 2.24) is 9.88 Å². The fraction of sp³-hybridized carbons (Fsp3) is 0.381. The number of halogens is 1. The molecule has 0 radical (unpaired) electrons. The second-order valence-electron chi connectivity index (χ2n) is 7.18. The van der Waals surface area contributed by atoms with Gasteiger partial charge in [0.1, 0.15) is 6.61 Å². The summed E-state index contributed by atoms with van der Waals surface area (Å²) in [5.41, 5.74) is 0.967. The molecule has 2 saturated heterocycles. The molecule has 2 bridgehead atoms. The maximum absolute atomic E-state index is 14.0. The van der Waals surface area contributed by atoms with Gasteiger partial charge in [0.25, 0.3) is 0 Å². The highest BCUT2D eigenvalue weighted by molar-refractivity contribution is 5.98. The summed E-state index contributed by atoms with van der Waals surface area (Å²) < 4.78 is 25.0. The van der Waals surface area contributed by atoms with Crippen LogP contribution in [0, 0.1) is 11.7 Å². The Morgan fingerprint density at radius 2 is 1.86 bits per heavy atom. The number of ketones is 1. The van der Waals surface area contributed by atoms with Crippen molar-refractivity contribution < 1.29 is 23.5 Å². The van der Waals surface area contributed by atoms with Crippen LogP contribution in [0.15, 0.2) is 48.8 Å². The van der Waals surface area contributed by atoms with Crippen LogP contribution in [0.1, 0.15) is 28.8 Å². The van der Waals surface area contributed by atoms with Crippen LogP contribution in [0.2, 0.25) is 0 Å². The van der Waals surface area contributed by atoms with E-state index in [4.69, 9.17) is 9.47 Å². The number of rotatable bonds is 4. The minimum absolute atomic E-state index is 0.0547. The molecule has 2 atom stereocenters. The van der Waals surface area contributed by atoms with E-state index >= 15 is 0 Å². The molecule has 28 heavy (non-hydrogen) atoms. The van der Waals surface area contributed by atoms with Gasteiger partial charge in [0.2, 0.25) is 0 Å². The number of aromatic nitrogens is 1.